The molecule has 0 radical (unpaired) electrons. The molecule has 0 saturated heterocycles. The molecule has 0 amide bonds. The van der Waals surface area contributed by atoms with Gasteiger partial charge in [0.2, 0.25) is 0 Å². The Morgan fingerprint density at radius 3 is 0.513 bits per heavy atom. The topological polar surface area (TPSA) is 9.72 Å². The van der Waals surface area contributed by atoms with Crippen molar-refractivity contribution in [3.63, 3.8) is 0 Å². The molecule has 362 valence electrons. The maximum atomic E-state index is 2.33. The van der Waals surface area contributed by atoms with E-state index in [1.54, 1.807) is 0 Å². The lowest BCUT2D eigenvalue weighted by Gasteiger charge is -2.26. The van der Waals surface area contributed by atoms with Crippen LogP contribution in [0.3, 0.4) is 0 Å². The van der Waals surface area contributed by atoms with Gasteiger partial charge < -0.3 is 14.7 Å². The van der Waals surface area contributed by atoms with Gasteiger partial charge in [0.15, 0.2) is 0 Å². The zero-order chi connectivity index (χ0) is 50.9. The molecule has 0 aliphatic rings. The van der Waals surface area contributed by atoms with Crippen LogP contribution in [0.2, 0.25) is 0 Å². The fourth-order valence-electron chi connectivity index (χ4n) is 10.4. The summed E-state index contributed by atoms with van der Waals surface area (Å²) in [6.45, 7) is 0. The molecule has 0 aromatic heterocycles. The summed E-state index contributed by atoms with van der Waals surface area (Å²) in [5, 5.41) is 0. The van der Waals surface area contributed by atoms with Crippen molar-refractivity contribution in [1.82, 2.24) is 0 Å². The van der Waals surface area contributed by atoms with Crippen molar-refractivity contribution >= 4 is 51.2 Å². The molecular weight excluding hydrogens is 919 g/mol. The maximum absolute atomic E-state index is 2.33. The third-order valence-electron chi connectivity index (χ3n) is 14.2. The molecule has 12 rings (SSSR count). The fraction of sp³-hybridized carbons (Fsp3) is 0.0137. The van der Waals surface area contributed by atoms with Crippen LogP contribution in [-0.4, -0.2) is 0 Å². The Kier molecular flexibility index (Phi) is 13.6. The molecule has 3 nitrogen and oxygen atoms in total. The van der Waals surface area contributed by atoms with E-state index in [9.17, 15) is 0 Å². The second-order valence-electron chi connectivity index (χ2n) is 19.0. The standard InChI is InChI=1S/C73H55N3/c1-7-19-61(20-8-1)73(62-21-9-2-10-22-62)63-33-31-55(32-34-63)56-35-47-69(48-36-56)75(66-27-15-5-16-28-66)70-51-41-59(42-52-70)60-43-53-72(54-44-60)76(67-29-17-6-18-30-67)71-49-39-58(40-50-71)57-37-45-68(46-38-57)74(64-23-11-3-12-24-64)65-25-13-4-14-26-65/h1-54,73H. The predicted molar refractivity (Wildman–Crippen MR) is 321 cm³/mol. The average Bonchev–Trinajstić information content (AvgIpc) is 3.51. The molecule has 0 bridgehead atoms. The molecule has 12 aromatic rings. The number of benzene rings is 12. The van der Waals surface area contributed by atoms with Gasteiger partial charge in [0.1, 0.15) is 0 Å². The van der Waals surface area contributed by atoms with Crippen molar-refractivity contribution in [2.75, 3.05) is 14.7 Å². The monoisotopic (exact) mass is 973 g/mol. The Bertz CT molecular complexity index is 3390. The minimum Gasteiger partial charge on any atom is -0.311 e. The van der Waals surface area contributed by atoms with Crippen molar-refractivity contribution in [3.8, 4) is 33.4 Å². The van der Waals surface area contributed by atoms with Crippen LogP contribution in [0.4, 0.5) is 51.2 Å². The third-order valence-corrected chi connectivity index (χ3v) is 14.2. The van der Waals surface area contributed by atoms with Crippen molar-refractivity contribution in [2.45, 2.75) is 5.92 Å². The number of nitrogens with zero attached hydrogens (tertiary/aromatic N) is 3. The van der Waals surface area contributed by atoms with E-state index in [0.29, 0.717) is 0 Å². The number of hydrogen-bond acceptors (Lipinski definition) is 3. The maximum Gasteiger partial charge on any atom is 0.0462 e. The lowest BCUT2D eigenvalue weighted by molar-refractivity contribution is 0.978. The van der Waals surface area contributed by atoms with Crippen LogP contribution in [0.5, 0.6) is 0 Å². The van der Waals surface area contributed by atoms with Crippen molar-refractivity contribution in [2.24, 2.45) is 0 Å². The SMILES string of the molecule is c1ccc(C(c2ccccc2)c2ccc(-c3ccc(N(c4ccccc4)c4ccc(-c5ccc(N(c6ccccc6)c6ccc(-c7ccc(N(c8ccccc8)c8ccccc8)cc7)cc6)cc5)cc4)cc3)cc2)cc1. The Morgan fingerprint density at radius 1 is 0.145 bits per heavy atom. The van der Waals surface area contributed by atoms with Crippen molar-refractivity contribution in [1.29, 1.82) is 0 Å². The summed E-state index contributed by atoms with van der Waals surface area (Å²) >= 11 is 0. The van der Waals surface area contributed by atoms with Gasteiger partial charge in [-0.15, -0.1) is 0 Å². The van der Waals surface area contributed by atoms with Gasteiger partial charge >= 0.3 is 0 Å². The Labute approximate surface area is 447 Å². The molecular formula is C73H55N3. The predicted octanol–water partition coefficient (Wildman–Crippen LogP) is 20.3. The van der Waals surface area contributed by atoms with Crippen LogP contribution < -0.4 is 14.7 Å². The van der Waals surface area contributed by atoms with E-state index in [-0.39, 0.29) is 5.92 Å². The van der Waals surface area contributed by atoms with Crippen LogP contribution in [0, 0.1) is 0 Å². The van der Waals surface area contributed by atoms with E-state index >= 15 is 0 Å². The number of hydrogen-bond donors (Lipinski definition) is 0. The third kappa shape index (κ3) is 10.2. The first-order valence-corrected chi connectivity index (χ1v) is 26.0. The second-order valence-corrected chi connectivity index (χ2v) is 19.0. The molecule has 0 unspecified atom stereocenters. The van der Waals surface area contributed by atoms with Gasteiger partial charge in [-0.2, -0.15) is 0 Å². The quantitative estimate of drug-likeness (QED) is 0.0948. The molecule has 0 saturated carbocycles. The molecule has 0 N–H and O–H groups in total. The Hall–Kier alpha value is -9.96. The van der Waals surface area contributed by atoms with E-state index < -0.39 is 0 Å². The second kappa shape index (κ2) is 22.0. The molecule has 76 heavy (non-hydrogen) atoms. The molecule has 0 aliphatic heterocycles. The molecule has 0 aliphatic carbocycles. The molecule has 12 aromatic carbocycles. The molecule has 3 heteroatoms. The van der Waals surface area contributed by atoms with Gasteiger partial charge in [-0.3, -0.25) is 0 Å². The summed E-state index contributed by atoms with van der Waals surface area (Å²) in [5.74, 6) is 0.166. The van der Waals surface area contributed by atoms with Crippen molar-refractivity contribution < 1.29 is 0 Å². The Morgan fingerprint density at radius 2 is 0.303 bits per heavy atom. The number of para-hydroxylation sites is 4. The van der Waals surface area contributed by atoms with Gasteiger partial charge in [-0.1, -0.05) is 218 Å². The summed E-state index contributed by atoms with van der Waals surface area (Å²) in [4.78, 5) is 6.94. The first-order chi connectivity index (χ1) is 37.7. The first-order valence-electron chi connectivity index (χ1n) is 26.0. The van der Waals surface area contributed by atoms with Gasteiger partial charge in [0, 0.05) is 57.1 Å². The van der Waals surface area contributed by atoms with Gasteiger partial charge in [-0.05, 0) is 159 Å². The van der Waals surface area contributed by atoms with Gasteiger partial charge in [-0.25, -0.2) is 0 Å². The summed E-state index contributed by atoms with van der Waals surface area (Å²) in [6.07, 6.45) is 0. The zero-order valence-corrected chi connectivity index (χ0v) is 42.1. The van der Waals surface area contributed by atoms with Crippen LogP contribution in [0.1, 0.15) is 22.6 Å². The summed E-state index contributed by atoms with van der Waals surface area (Å²) in [7, 11) is 0. The molecule has 0 atom stereocenters. The van der Waals surface area contributed by atoms with E-state index in [4.69, 9.17) is 0 Å². The highest BCUT2D eigenvalue weighted by molar-refractivity contribution is 5.83. The first kappa shape index (κ1) is 47.1. The molecule has 0 heterocycles. The smallest absolute Gasteiger partial charge is 0.0462 e. The largest absolute Gasteiger partial charge is 0.311 e. The fourth-order valence-corrected chi connectivity index (χ4v) is 10.4. The highest BCUT2D eigenvalue weighted by Crippen LogP contribution is 2.41. The highest BCUT2D eigenvalue weighted by atomic mass is 15.2. The average molecular weight is 974 g/mol. The zero-order valence-electron chi connectivity index (χ0n) is 42.1. The van der Waals surface area contributed by atoms with E-state index in [2.05, 4.69) is 342 Å². The van der Waals surface area contributed by atoms with E-state index in [0.717, 1.165) is 73.4 Å². The Balaban J connectivity index is 0.772. The van der Waals surface area contributed by atoms with Crippen molar-refractivity contribution in [3.05, 3.63) is 344 Å². The minimum absolute atomic E-state index is 0.166. The lowest BCUT2D eigenvalue weighted by atomic mass is 9.84. The normalized spacial score (nSPS) is 11.0. The van der Waals surface area contributed by atoms with Gasteiger partial charge in [0.25, 0.3) is 0 Å². The van der Waals surface area contributed by atoms with Crippen LogP contribution in [0.25, 0.3) is 33.4 Å². The summed E-state index contributed by atoms with van der Waals surface area (Å²) in [5.41, 5.74) is 20.8. The minimum atomic E-state index is 0.166. The number of anilines is 9. The van der Waals surface area contributed by atoms with Crippen LogP contribution in [0.15, 0.2) is 328 Å². The van der Waals surface area contributed by atoms with E-state index in [1.807, 2.05) is 0 Å². The number of rotatable bonds is 15. The summed E-state index contributed by atoms with van der Waals surface area (Å²) < 4.78 is 0. The molecule has 0 fully saturated rings. The summed E-state index contributed by atoms with van der Waals surface area (Å²) in [6, 6.07) is 117. The van der Waals surface area contributed by atoms with E-state index in [1.165, 1.54) is 27.8 Å². The van der Waals surface area contributed by atoms with Crippen LogP contribution >= 0.6 is 0 Å². The van der Waals surface area contributed by atoms with Crippen LogP contribution in [-0.2, 0) is 0 Å². The van der Waals surface area contributed by atoms with Gasteiger partial charge in [0.05, 0.1) is 0 Å². The lowest BCUT2D eigenvalue weighted by Crippen LogP contribution is -2.10. The molecule has 0 spiro atoms. The highest BCUT2D eigenvalue weighted by Gasteiger charge is 2.19.